The van der Waals surface area contributed by atoms with E-state index in [1.807, 2.05) is 0 Å². The molecule has 23 heavy (non-hydrogen) atoms. The van der Waals surface area contributed by atoms with Crippen molar-refractivity contribution >= 4 is 17.2 Å². The molecule has 0 aromatic heterocycles. The molecule has 0 saturated heterocycles. The summed E-state index contributed by atoms with van der Waals surface area (Å²) in [7, 11) is 4.81. The standard InChI is InChI=1S/C14H18F3N3O3/c1-13(2,23-5)12(19(3)4)18-9-6-7-11(20(21)22)10(8-9)14(15,16)17/h6-8H,1-5H3. The van der Waals surface area contributed by atoms with Gasteiger partial charge in [0.1, 0.15) is 17.0 Å². The van der Waals surface area contributed by atoms with Gasteiger partial charge < -0.3 is 9.64 Å². The van der Waals surface area contributed by atoms with Crippen LogP contribution in [0.4, 0.5) is 24.5 Å². The molecule has 0 spiro atoms. The van der Waals surface area contributed by atoms with Gasteiger partial charge in [-0.05, 0) is 26.0 Å². The maximum atomic E-state index is 13.0. The van der Waals surface area contributed by atoms with E-state index >= 15 is 0 Å². The number of likely N-dealkylation sites (N-methyl/N-ethyl adjacent to an activating group) is 1. The first kappa shape index (κ1) is 18.9. The Balaban J connectivity index is 3.50. The van der Waals surface area contributed by atoms with Gasteiger partial charge in [-0.3, -0.25) is 10.1 Å². The Labute approximate surface area is 131 Å². The van der Waals surface area contributed by atoms with Crippen LogP contribution >= 0.6 is 0 Å². The monoisotopic (exact) mass is 333 g/mol. The highest BCUT2D eigenvalue weighted by Crippen LogP contribution is 2.38. The van der Waals surface area contributed by atoms with Gasteiger partial charge in [-0.2, -0.15) is 13.2 Å². The lowest BCUT2D eigenvalue weighted by Gasteiger charge is -2.30. The number of hydrogen-bond donors (Lipinski definition) is 0. The molecule has 0 saturated carbocycles. The lowest BCUT2D eigenvalue weighted by atomic mass is 10.1. The van der Waals surface area contributed by atoms with Crippen LogP contribution in [0.5, 0.6) is 0 Å². The number of ether oxygens (including phenoxy) is 1. The molecule has 0 aliphatic carbocycles. The number of nitro benzene ring substituents is 1. The number of nitrogens with zero attached hydrogens (tertiary/aromatic N) is 3. The van der Waals surface area contributed by atoms with E-state index < -0.39 is 28.0 Å². The van der Waals surface area contributed by atoms with Gasteiger partial charge in [-0.25, -0.2) is 4.99 Å². The summed E-state index contributed by atoms with van der Waals surface area (Å²) in [6.45, 7) is 3.42. The molecule has 0 N–H and O–H groups in total. The summed E-state index contributed by atoms with van der Waals surface area (Å²) in [6, 6.07) is 2.63. The molecule has 0 radical (unpaired) electrons. The largest absolute Gasteiger partial charge is 0.423 e. The van der Waals surface area contributed by atoms with E-state index in [2.05, 4.69) is 4.99 Å². The quantitative estimate of drug-likeness (QED) is 0.365. The second-order valence-corrected chi connectivity index (χ2v) is 5.50. The van der Waals surface area contributed by atoms with Crippen molar-refractivity contribution in [3.63, 3.8) is 0 Å². The minimum Gasteiger partial charge on any atom is -0.371 e. The molecule has 1 aromatic rings. The first-order chi connectivity index (χ1) is 10.4. The second kappa shape index (κ2) is 6.53. The number of halogens is 3. The lowest BCUT2D eigenvalue weighted by Crippen LogP contribution is -2.42. The van der Waals surface area contributed by atoms with E-state index in [1.165, 1.54) is 13.2 Å². The summed E-state index contributed by atoms with van der Waals surface area (Å²) in [5.74, 6) is 0.377. The molecule has 9 heteroatoms. The fourth-order valence-electron chi connectivity index (χ4n) is 1.97. The summed E-state index contributed by atoms with van der Waals surface area (Å²) >= 11 is 0. The third-order valence-electron chi connectivity index (χ3n) is 3.19. The Bertz CT molecular complexity index is 625. The van der Waals surface area contributed by atoms with Crippen molar-refractivity contribution in [1.82, 2.24) is 4.90 Å². The molecule has 1 rings (SSSR count). The van der Waals surface area contributed by atoms with Crippen molar-refractivity contribution in [2.24, 2.45) is 4.99 Å². The van der Waals surface area contributed by atoms with E-state index in [-0.39, 0.29) is 5.69 Å². The van der Waals surface area contributed by atoms with E-state index in [4.69, 9.17) is 4.74 Å². The fraction of sp³-hybridized carbons (Fsp3) is 0.500. The van der Waals surface area contributed by atoms with Crippen LogP contribution in [0, 0.1) is 10.1 Å². The molecule has 0 heterocycles. The zero-order valence-corrected chi connectivity index (χ0v) is 13.4. The maximum absolute atomic E-state index is 13.0. The summed E-state index contributed by atoms with van der Waals surface area (Å²) in [6.07, 6.45) is -4.84. The van der Waals surface area contributed by atoms with Gasteiger partial charge in [-0.15, -0.1) is 0 Å². The molecule has 0 atom stereocenters. The van der Waals surface area contributed by atoms with Crippen LogP contribution in [0.2, 0.25) is 0 Å². The number of rotatable bonds is 4. The lowest BCUT2D eigenvalue weighted by molar-refractivity contribution is -0.388. The molecule has 128 valence electrons. The Morgan fingerprint density at radius 2 is 1.87 bits per heavy atom. The first-order valence-electron chi connectivity index (χ1n) is 6.57. The van der Waals surface area contributed by atoms with Gasteiger partial charge in [0.05, 0.1) is 10.6 Å². The van der Waals surface area contributed by atoms with Crippen LogP contribution in [0.3, 0.4) is 0 Å². The van der Waals surface area contributed by atoms with Crippen molar-refractivity contribution in [3.05, 3.63) is 33.9 Å². The smallest absolute Gasteiger partial charge is 0.371 e. The average Bonchev–Trinajstić information content (AvgIpc) is 2.42. The van der Waals surface area contributed by atoms with Gasteiger partial charge in [0.2, 0.25) is 0 Å². The van der Waals surface area contributed by atoms with Crippen molar-refractivity contribution in [1.29, 1.82) is 0 Å². The maximum Gasteiger partial charge on any atom is 0.423 e. The molecule has 1 aromatic carbocycles. The van der Waals surface area contributed by atoms with Crippen LogP contribution in [0.25, 0.3) is 0 Å². The van der Waals surface area contributed by atoms with Crippen LogP contribution in [-0.2, 0) is 10.9 Å². The summed E-state index contributed by atoms with van der Waals surface area (Å²) in [4.78, 5) is 15.5. The summed E-state index contributed by atoms with van der Waals surface area (Å²) < 4.78 is 44.3. The number of methoxy groups -OCH3 is 1. The van der Waals surface area contributed by atoms with Crippen LogP contribution in [0.15, 0.2) is 23.2 Å². The summed E-state index contributed by atoms with van der Waals surface area (Å²) in [5, 5.41) is 10.8. The predicted octanol–water partition coefficient (Wildman–Crippen LogP) is 3.63. The molecule has 0 unspecified atom stereocenters. The van der Waals surface area contributed by atoms with Gasteiger partial charge in [0.25, 0.3) is 5.69 Å². The highest BCUT2D eigenvalue weighted by atomic mass is 19.4. The topological polar surface area (TPSA) is 68.0 Å². The number of amidine groups is 1. The normalized spacial score (nSPS) is 13.1. The molecular formula is C14H18F3N3O3. The van der Waals surface area contributed by atoms with Crippen molar-refractivity contribution in [2.45, 2.75) is 25.6 Å². The van der Waals surface area contributed by atoms with Gasteiger partial charge in [0.15, 0.2) is 0 Å². The highest BCUT2D eigenvalue weighted by molar-refractivity contribution is 5.91. The SMILES string of the molecule is COC(C)(C)C(=Nc1ccc([N+](=O)[O-])c(C(F)(F)F)c1)N(C)C. The Kier molecular flexibility index (Phi) is 5.36. The predicted molar refractivity (Wildman–Crippen MR) is 80.0 cm³/mol. The second-order valence-electron chi connectivity index (χ2n) is 5.50. The van der Waals surface area contributed by atoms with Crippen molar-refractivity contribution in [3.8, 4) is 0 Å². The molecular weight excluding hydrogens is 315 g/mol. The van der Waals surface area contributed by atoms with Crippen LogP contribution < -0.4 is 0 Å². The number of nitro groups is 1. The van der Waals surface area contributed by atoms with Crippen molar-refractivity contribution in [2.75, 3.05) is 21.2 Å². The molecule has 0 aliphatic heterocycles. The van der Waals surface area contributed by atoms with E-state index in [0.29, 0.717) is 11.9 Å². The Hall–Kier alpha value is -2.16. The van der Waals surface area contributed by atoms with Gasteiger partial charge >= 0.3 is 6.18 Å². The van der Waals surface area contributed by atoms with Crippen LogP contribution in [-0.4, -0.2) is 42.5 Å². The van der Waals surface area contributed by atoms with Gasteiger partial charge in [0, 0.05) is 27.3 Å². The number of hydrogen-bond acceptors (Lipinski definition) is 4. The first-order valence-corrected chi connectivity index (χ1v) is 6.57. The Morgan fingerprint density at radius 1 is 1.30 bits per heavy atom. The third-order valence-corrected chi connectivity index (χ3v) is 3.19. The molecule has 0 amide bonds. The van der Waals surface area contributed by atoms with E-state index in [1.54, 1.807) is 32.8 Å². The molecule has 0 fully saturated rings. The minimum atomic E-state index is -4.84. The number of alkyl halides is 3. The summed E-state index contributed by atoms with van der Waals surface area (Å²) in [5.41, 5.74) is -3.23. The Morgan fingerprint density at radius 3 is 2.26 bits per heavy atom. The average molecular weight is 333 g/mol. The van der Waals surface area contributed by atoms with Crippen molar-refractivity contribution < 1.29 is 22.8 Å². The fourth-order valence-corrected chi connectivity index (χ4v) is 1.97. The van der Waals surface area contributed by atoms with E-state index in [9.17, 15) is 23.3 Å². The number of aliphatic imine (C=N–C) groups is 1. The minimum absolute atomic E-state index is 0.0447. The van der Waals surface area contributed by atoms with E-state index in [0.717, 1.165) is 6.07 Å². The molecule has 6 nitrogen and oxygen atoms in total. The zero-order valence-electron chi connectivity index (χ0n) is 13.4. The van der Waals surface area contributed by atoms with Crippen LogP contribution in [0.1, 0.15) is 19.4 Å². The molecule has 0 aliphatic rings. The zero-order chi connectivity index (χ0) is 18.0. The number of benzene rings is 1. The third kappa shape index (κ3) is 4.41. The van der Waals surface area contributed by atoms with Gasteiger partial charge in [-0.1, -0.05) is 0 Å². The molecule has 0 bridgehead atoms. The highest BCUT2D eigenvalue weighted by Gasteiger charge is 2.38.